The number of aliphatic imine (C=N–C) groups is 1. The number of benzene rings is 4. The number of anilines is 2. The van der Waals surface area contributed by atoms with E-state index in [1.807, 2.05) is 110 Å². The van der Waals surface area contributed by atoms with Crippen molar-refractivity contribution in [1.82, 2.24) is 9.71 Å². The van der Waals surface area contributed by atoms with Gasteiger partial charge in [0.05, 0.1) is 23.2 Å². The molecule has 49 heavy (non-hydrogen) atoms. The number of hydrogen-bond acceptors (Lipinski definition) is 6. The van der Waals surface area contributed by atoms with Crippen LogP contribution in [0.5, 0.6) is 0 Å². The van der Waals surface area contributed by atoms with Gasteiger partial charge in [-0.15, -0.1) is 0 Å². The molecule has 10 heteroatoms. The van der Waals surface area contributed by atoms with Crippen LogP contribution in [0.4, 0.5) is 17.1 Å². The van der Waals surface area contributed by atoms with Crippen molar-refractivity contribution in [3.63, 3.8) is 0 Å². The Morgan fingerprint density at radius 1 is 0.898 bits per heavy atom. The van der Waals surface area contributed by atoms with Crippen molar-refractivity contribution >= 4 is 55.4 Å². The maximum Gasteiger partial charge on any atom is 0.278 e. The molecule has 3 N–H and O–H groups in total. The van der Waals surface area contributed by atoms with E-state index in [1.165, 1.54) is 5.56 Å². The molecule has 1 heterocycles. The first-order valence-electron chi connectivity index (χ1n) is 16.6. The standard InChI is InChI=1S/C39H43N5O4S/c1-5-7-13-28-18-20-30(21-19-28)41-39(46)37(42-33-23-22-31(26-27(33)3)44(6-2)25-24-40-49(4,47)48)38(45)35-32-16-11-12-17-34(32)43-36(35)29-14-9-8-10-15-29/h8-12,14-23,26,40,43H,5-7,13,24-25H2,1-4H3,(H,41,46). The molecule has 0 fully saturated rings. The van der Waals surface area contributed by atoms with Crippen LogP contribution >= 0.6 is 0 Å². The number of aromatic amines is 1. The number of hydrogen-bond donors (Lipinski definition) is 3. The molecule has 0 saturated heterocycles. The van der Waals surface area contributed by atoms with Crippen LogP contribution in [0.1, 0.15) is 48.2 Å². The Kier molecular flexibility index (Phi) is 11.4. The molecule has 9 nitrogen and oxygen atoms in total. The van der Waals surface area contributed by atoms with Crippen LogP contribution in [-0.2, 0) is 21.2 Å². The lowest BCUT2D eigenvalue weighted by atomic mass is 9.98. The minimum atomic E-state index is -3.30. The Bertz CT molecular complexity index is 2070. The number of H-pyrrole nitrogens is 1. The number of sulfonamides is 1. The number of carbonyl (C=O) groups excluding carboxylic acids is 2. The summed E-state index contributed by atoms with van der Waals surface area (Å²) < 4.78 is 25.7. The molecule has 0 saturated carbocycles. The fourth-order valence-electron chi connectivity index (χ4n) is 5.77. The molecular weight excluding hydrogens is 635 g/mol. The van der Waals surface area contributed by atoms with Gasteiger partial charge >= 0.3 is 0 Å². The predicted molar refractivity (Wildman–Crippen MR) is 201 cm³/mol. The van der Waals surface area contributed by atoms with E-state index in [0.717, 1.165) is 47.8 Å². The lowest BCUT2D eigenvalue weighted by Crippen LogP contribution is -2.34. The molecular formula is C39H43N5O4S. The van der Waals surface area contributed by atoms with Gasteiger partial charge in [0.25, 0.3) is 5.91 Å². The number of nitrogens with zero attached hydrogens (tertiary/aromatic N) is 2. The summed E-state index contributed by atoms with van der Waals surface area (Å²) in [4.78, 5) is 39.0. The fraction of sp³-hybridized carbons (Fsp3) is 0.256. The van der Waals surface area contributed by atoms with Crippen LogP contribution in [-0.4, -0.2) is 56.7 Å². The van der Waals surface area contributed by atoms with Gasteiger partial charge in [0.1, 0.15) is 0 Å². The van der Waals surface area contributed by atoms with E-state index in [2.05, 4.69) is 21.9 Å². The number of unbranched alkanes of at least 4 members (excludes halogenated alkanes) is 1. The summed E-state index contributed by atoms with van der Waals surface area (Å²) in [5, 5.41) is 3.62. The fourth-order valence-corrected chi connectivity index (χ4v) is 6.23. The van der Waals surface area contributed by atoms with Crippen molar-refractivity contribution in [2.75, 3.05) is 36.1 Å². The molecule has 4 aromatic carbocycles. The molecule has 1 amide bonds. The van der Waals surface area contributed by atoms with Gasteiger partial charge in [-0.05, 0) is 79.8 Å². The number of rotatable bonds is 15. The maximum absolute atomic E-state index is 14.7. The first-order chi connectivity index (χ1) is 23.6. The quantitative estimate of drug-likeness (QED) is 0.0603. The van der Waals surface area contributed by atoms with Gasteiger partial charge in [-0.2, -0.15) is 0 Å². The molecule has 0 aliphatic rings. The lowest BCUT2D eigenvalue weighted by molar-refractivity contribution is -0.110. The maximum atomic E-state index is 14.7. The summed E-state index contributed by atoms with van der Waals surface area (Å²) in [6, 6.07) is 30.4. The zero-order valence-corrected chi connectivity index (χ0v) is 29.2. The van der Waals surface area contributed by atoms with E-state index in [0.29, 0.717) is 41.1 Å². The van der Waals surface area contributed by atoms with Crippen LogP contribution in [0.25, 0.3) is 22.2 Å². The highest BCUT2D eigenvalue weighted by atomic mass is 32.2. The van der Waals surface area contributed by atoms with Crippen LogP contribution in [0.15, 0.2) is 102 Å². The molecule has 1 aromatic heterocycles. The molecule has 0 bridgehead atoms. The number of carbonyl (C=O) groups is 2. The highest BCUT2D eigenvalue weighted by Crippen LogP contribution is 2.32. The number of aromatic nitrogens is 1. The number of amides is 1. The van der Waals surface area contributed by atoms with Gasteiger partial charge in [0, 0.05) is 41.9 Å². The van der Waals surface area contributed by atoms with Gasteiger partial charge < -0.3 is 15.2 Å². The molecule has 0 spiro atoms. The van der Waals surface area contributed by atoms with Gasteiger partial charge in [-0.1, -0.05) is 74.0 Å². The Morgan fingerprint density at radius 2 is 1.61 bits per heavy atom. The third kappa shape index (κ3) is 8.90. The van der Waals surface area contributed by atoms with Crippen LogP contribution in [0.2, 0.25) is 0 Å². The normalized spacial score (nSPS) is 11.9. The molecule has 5 aromatic rings. The molecule has 0 aliphatic heterocycles. The zero-order valence-electron chi connectivity index (χ0n) is 28.4. The van der Waals surface area contributed by atoms with Crippen LogP contribution in [0.3, 0.4) is 0 Å². The number of nitrogens with one attached hydrogen (secondary N) is 3. The zero-order chi connectivity index (χ0) is 35.0. The van der Waals surface area contributed by atoms with E-state index < -0.39 is 21.7 Å². The number of Topliss-reactive ketones (excluding diaryl/α,β-unsaturated/α-hetero) is 1. The number of para-hydroxylation sites is 1. The molecule has 0 unspecified atom stereocenters. The minimum Gasteiger partial charge on any atom is -0.370 e. The number of aryl methyl sites for hydroxylation is 2. The number of likely N-dealkylation sites (N-methyl/N-ethyl adjacent to an activating group) is 1. The Hall–Kier alpha value is -5.06. The summed E-state index contributed by atoms with van der Waals surface area (Å²) in [5.74, 6) is -1.11. The third-order valence-corrected chi connectivity index (χ3v) is 9.09. The average Bonchev–Trinajstić information content (AvgIpc) is 3.49. The van der Waals surface area contributed by atoms with Crippen molar-refractivity contribution in [3.8, 4) is 11.3 Å². The molecule has 0 radical (unpaired) electrons. The predicted octanol–water partition coefficient (Wildman–Crippen LogP) is 7.46. The first-order valence-corrected chi connectivity index (χ1v) is 18.5. The molecule has 254 valence electrons. The van der Waals surface area contributed by atoms with E-state index >= 15 is 0 Å². The van der Waals surface area contributed by atoms with Gasteiger partial charge in [0.15, 0.2) is 5.71 Å². The molecule has 0 aliphatic carbocycles. The highest BCUT2D eigenvalue weighted by Gasteiger charge is 2.29. The summed E-state index contributed by atoms with van der Waals surface area (Å²) in [6.45, 7) is 7.40. The second-order valence-electron chi connectivity index (χ2n) is 12.0. The number of ketones is 1. The SMILES string of the molecule is CCCCc1ccc(NC(=O)C(=Nc2ccc(N(CC)CCNS(C)(=O)=O)cc2C)C(=O)c2c(-c3ccccc3)[nH]c3ccccc23)cc1. The van der Waals surface area contributed by atoms with Gasteiger partial charge in [-0.3, -0.25) is 9.59 Å². The van der Waals surface area contributed by atoms with Crippen molar-refractivity contribution in [2.45, 2.75) is 40.0 Å². The Balaban J connectivity index is 1.55. The highest BCUT2D eigenvalue weighted by molar-refractivity contribution is 7.88. The topological polar surface area (TPSA) is 124 Å². The summed E-state index contributed by atoms with van der Waals surface area (Å²) >= 11 is 0. The van der Waals surface area contributed by atoms with E-state index in [1.54, 1.807) is 6.07 Å². The van der Waals surface area contributed by atoms with E-state index in [-0.39, 0.29) is 12.3 Å². The summed E-state index contributed by atoms with van der Waals surface area (Å²) in [5.41, 5.74) is 6.19. The van der Waals surface area contributed by atoms with Crippen molar-refractivity contribution < 1.29 is 18.0 Å². The van der Waals surface area contributed by atoms with Crippen molar-refractivity contribution in [2.24, 2.45) is 4.99 Å². The Morgan fingerprint density at radius 3 is 2.29 bits per heavy atom. The Labute approximate surface area is 288 Å². The smallest absolute Gasteiger partial charge is 0.278 e. The largest absolute Gasteiger partial charge is 0.370 e. The second-order valence-corrected chi connectivity index (χ2v) is 13.9. The number of fused-ring (bicyclic) bond motifs is 1. The van der Waals surface area contributed by atoms with E-state index in [9.17, 15) is 18.0 Å². The monoisotopic (exact) mass is 677 g/mol. The molecule has 5 rings (SSSR count). The summed E-state index contributed by atoms with van der Waals surface area (Å²) in [7, 11) is -3.30. The van der Waals surface area contributed by atoms with Gasteiger partial charge in [-0.25, -0.2) is 18.1 Å². The van der Waals surface area contributed by atoms with Crippen LogP contribution in [0, 0.1) is 6.92 Å². The average molecular weight is 678 g/mol. The van der Waals surface area contributed by atoms with Gasteiger partial charge in [0.2, 0.25) is 15.8 Å². The summed E-state index contributed by atoms with van der Waals surface area (Å²) in [6.07, 6.45) is 4.27. The van der Waals surface area contributed by atoms with Crippen molar-refractivity contribution in [1.29, 1.82) is 0 Å². The lowest BCUT2D eigenvalue weighted by Gasteiger charge is -2.24. The molecule has 0 atom stereocenters. The van der Waals surface area contributed by atoms with E-state index in [4.69, 9.17) is 4.99 Å². The van der Waals surface area contributed by atoms with Crippen LogP contribution < -0.4 is 14.9 Å². The minimum absolute atomic E-state index is 0.238. The van der Waals surface area contributed by atoms with Crippen molar-refractivity contribution in [3.05, 3.63) is 114 Å². The second kappa shape index (κ2) is 15.9. The third-order valence-electron chi connectivity index (χ3n) is 8.36. The first kappa shape index (κ1) is 35.3.